The van der Waals surface area contributed by atoms with E-state index in [2.05, 4.69) is 19.2 Å². The van der Waals surface area contributed by atoms with E-state index >= 15 is 0 Å². The number of amides is 2. The maximum absolute atomic E-state index is 13.2. The second-order valence-electron chi connectivity index (χ2n) is 8.34. The Morgan fingerprint density at radius 3 is 2.25 bits per heavy atom. The van der Waals surface area contributed by atoms with Gasteiger partial charge in [-0.15, -0.1) is 0 Å². The van der Waals surface area contributed by atoms with Gasteiger partial charge in [-0.1, -0.05) is 51.1 Å². The van der Waals surface area contributed by atoms with Gasteiger partial charge in [0.1, 0.15) is 17.5 Å². The molecule has 0 saturated carbocycles. The number of methoxy groups -OCH3 is 1. The second kappa shape index (κ2) is 12.1. The minimum absolute atomic E-state index is 0.0389. The van der Waals surface area contributed by atoms with Gasteiger partial charge in [0.05, 0.1) is 7.11 Å². The Balaban J connectivity index is 2.20. The molecule has 2 amide bonds. The predicted octanol–water partition coefficient (Wildman–Crippen LogP) is 4.53. The number of para-hydroxylation sites is 1. The maximum atomic E-state index is 13.2. The van der Waals surface area contributed by atoms with E-state index in [9.17, 15) is 9.59 Å². The zero-order valence-corrected chi connectivity index (χ0v) is 20.1. The fourth-order valence-corrected chi connectivity index (χ4v) is 3.29. The van der Waals surface area contributed by atoms with Crippen LogP contribution in [0.15, 0.2) is 48.5 Å². The number of nitrogens with zero attached hydrogens (tertiary/aromatic N) is 1. The summed E-state index contributed by atoms with van der Waals surface area (Å²) in [6, 6.07) is 14.6. The molecule has 174 valence electrons. The summed E-state index contributed by atoms with van der Waals surface area (Å²) < 4.78 is 11.1. The van der Waals surface area contributed by atoms with Crippen molar-refractivity contribution in [3.63, 3.8) is 0 Å². The second-order valence-corrected chi connectivity index (χ2v) is 8.34. The van der Waals surface area contributed by atoms with Crippen LogP contribution in [0.1, 0.15) is 58.1 Å². The van der Waals surface area contributed by atoms with E-state index in [4.69, 9.17) is 9.47 Å². The highest BCUT2D eigenvalue weighted by atomic mass is 16.5. The highest BCUT2D eigenvalue weighted by molar-refractivity contribution is 5.88. The van der Waals surface area contributed by atoms with Gasteiger partial charge in [-0.3, -0.25) is 9.59 Å². The Hall–Kier alpha value is -3.02. The van der Waals surface area contributed by atoms with Crippen LogP contribution in [0.5, 0.6) is 11.5 Å². The molecule has 0 aliphatic carbocycles. The first-order valence-corrected chi connectivity index (χ1v) is 11.2. The van der Waals surface area contributed by atoms with Crippen molar-refractivity contribution in [1.82, 2.24) is 10.2 Å². The number of hydrogen-bond donors (Lipinski definition) is 1. The zero-order valence-electron chi connectivity index (χ0n) is 20.1. The van der Waals surface area contributed by atoms with Crippen molar-refractivity contribution in [3.8, 4) is 11.5 Å². The average molecular weight is 441 g/mol. The molecule has 2 atom stereocenters. The lowest BCUT2D eigenvalue weighted by molar-refractivity contribution is -0.142. The smallest absolute Gasteiger partial charge is 0.261 e. The molecule has 0 bridgehead atoms. The van der Waals surface area contributed by atoms with Crippen molar-refractivity contribution in [2.45, 2.75) is 65.6 Å². The quantitative estimate of drug-likeness (QED) is 0.557. The van der Waals surface area contributed by atoms with Gasteiger partial charge in [-0.05, 0) is 55.5 Å². The summed E-state index contributed by atoms with van der Waals surface area (Å²) in [5.74, 6) is 1.28. The van der Waals surface area contributed by atoms with Crippen LogP contribution in [0, 0.1) is 0 Å². The summed E-state index contributed by atoms with van der Waals surface area (Å²) in [6.07, 6.45) is 0.819. The highest BCUT2D eigenvalue weighted by Gasteiger charge is 2.27. The molecule has 0 aliphatic heterocycles. The van der Waals surface area contributed by atoms with E-state index in [1.54, 1.807) is 18.9 Å². The molecule has 1 N–H and O–H groups in total. The molecule has 2 rings (SSSR count). The van der Waals surface area contributed by atoms with Crippen molar-refractivity contribution < 1.29 is 19.1 Å². The number of nitrogens with one attached hydrogen (secondary N) is 1. The first-order valence-electron chi connectivity index (χ1n) is 11.2. The lowest BCUT2D eigenvalue weighted by atomic mass is 10.0. The van der Waals surface area contributed by atoms with Crippen LogP contribution in [-0.2, 0) is 16.1 Å². The summed E-state index contributed by atoms with van der Waals surface area (Å²) >= 11 is 0. The molecule has 0 spiro atoms. The summed E-state index contributed by atoms with van der Waals surface area (Å²) in [6.45, 7) is 10.0. The van der Waals surface area contributed by atoms with E-state index in [0.717, 1.165) is 23.3 Å². The van der Waals surface area contributed by atoms with E-state index < -0.39 is 6.04 Å². The van der Waals surface area contributed by atoms with Gasteiger partial charge in [-0.2, -0.15) is 0 Å². The standard InChI is InChI=1S/C26H36N2O4/c1-7-19(4)27-26(30)20(5)28(16-21-12-14-22(31-6)15-13-21)25(29)17-32-24-11-9-8-10-23(24)18(2)3/h8-15,18-20H,7,16-17H2,1-6H3,(H,27,30)/t19-,20-/m1/s1. The Bertz CT molecular complexity index is 880. The molecule has 2 aromatic carbocycles. The summed E-state index contributed by atoms with van der Waals surface area (Å²) in [4.78, 5) is 27.6. The topological polar surface area (TPSA) is 67.9 Å². The van der Waals surface area contributed by atoms with Gasteiger partial charge in [0.2, 0.25) is 5.91 Å². The number of carbonyl (C=O) groups excluding carboxylic acids is 2. The molecule has 0 radical (unpaired) electrons. The van der Waals surface area contributed by atoms with Crippen molar-refractivity contribution in [1.29, 1.82) is 0 Å². The molecule has 6 heteroatoms. The first-order chi connectivity index (χ1) is 15.3. The molecule has 0 fully saturated rings. The van der Waals surface area contributed by atoms with Crippen molar-refractivity contribution in [2.24, 2.45) is 0 Å². The molecular formula is C26H36N2O4. The predicted molar refractivity (Wildman–Crippen MR) is 127 cm³/mol. The number of hydrogen-bond acceptors (Lipinski definition) is 4. The minimum Gasteiger partial charge on any atom is -0.497 e. The van der Waals surface area contributed by atoms with Crippen molar-refractivity contribution in [2.75, 3.05) is 13.7 Å². The van der Waals surface area contributed by atoms with E-state index in [0.29, 0.717) is 12.3 Å². The number of benzene rings is 2. The number of rotatable bonds is 11. The van der Waals surface area contributed by atoms with Crippen LogP contribution in [0.4, 0.5) is 0 Å². The maximum Gasteiger partial charge on any atom is 0.261 e. The normalized spacial score (nSPS) is 12.7. The van der Waals surface area contributed by atoms with Gasteiger partial charge in [-0.25, -0.2) is 0 Å². The Morgan fingerprint density at radius 1 is 1.00 bits per heavy atom. The Kier molecular flexibility index (Phi) is 9.57. The van der Waals surface area contributed by atoms with Crippen LogP contribution in [0.25, 0.3) is 0 Å². The van der Waals surface area contributed by atoms with Gasteiger partial charge in [0.25, 0.3) is 5.91 Å². The lowest BCUT2D eigenvalue weighted by Gasteiger charge is -2.30. The number of ether oxygens (including phenoxy) is 2. The third-order valence-corrected chi connectivity index (χ3v) is 5.57. The monoisotopic (exact) mass is 440 g/mol. The third-order valence-electron chi connectivity index (χ3n) is 5.57. The molecule has 0 unspecified atom stereocenters. The van der Waals surface area contributed by atoms with E-state index in [-0.39, 0.29) is 30.4 Å². The van der Waals surface area contributed by atoms with Gasteiger partial charge in [0.15, 0.2) is 6.61 Å². The third kappa shape index (κ3) is 7.01. The fourth-order valence-electron chi connectivity index (χ4n) is 3.29. The molecule has 2 aromatic rings. The Labute approximate surface area is 191 Å². The summed E-state index contributed by atoms with van der Waals surface area (Å²) in [5, 5.41) is 2.97. The van der Waals surface area contributed by atoms with Gasteiger partial charge in [0, 0.05) is 12.6 Å². The zero-order chi connectivity index (χ0) is 23.7. The SMILES string of the molecule is CC[C@@H](C)NC(=O)[C@@H](C)N(Cc1ccc(OC)cc1)C(=O)COc1ccccc1C(C)C. The van der Waals surface area contributed by atoms with Crippen molar-refractivity contribution in [3.05, 3.63) is 59.7 Å². The minimum atomic E-state index is -0.637. The first kappa shape index (κ1) is 25.2. The molecule has 0 aliphatic rings. The van der Waals surface area contributed by atoms with Gasteiger partial charge < -0.3 is 19.7 Å². The van der Waals surface area contributed by atoms with Crippen molar-refractivity contribution >= 4 is 11.8 Å². The lowest BCUT2D eigenvalue weighted by Crippen LogP contribution is -2.50. The largest absolute Gasteiger partial charge is 0.497 e. The highest BCUT2D eigenvalue weighted by Crippen LogP contribution is 2.26. The molecule has 32 heavy (non-hydrogen) atoms. The number of carbonyl (C=O) groups is 2. The van der Waals surface area contributed by atoms with Crippen LogP contribution < -0.4 is 14.8 Å². The van der Waals surface area contributed by atoms with E-state index in [1.165, 1.54) is 0 Å². The molecule has 0 saturated heterocycles. The summed E-state index contributed by atoms with van der Waals surface area (Å²) in [5.41, 5.74) is 1.95. The van der Waals surface area contributed by atoms with E-state index in [1.807, 2.05) is 62.4 Å². The Morgan fingerprint density at radius 2 is 1.66 bits per heavy atom. The van der Waals surface area contributed by atoms with Crippen LogP contribution in [0.3, 0.4) is 0 Å². The van der Waals surface area contributed by atoms with Crippen LogP contribution >= 0.6 is 0 Å². The molecule has 0 aromatic heterocycles. The molecule has 6 nitrogen and oxygen atoms in total. The molecular weight excluding hydrogens is 404 g/mol. The molecule has 0 heterocycles. The summed E-state index contributed by atoms with van der Waals surface area (Å²) in [7, 11) is 1.61. The average Bonchev–Trinajstić information content (AvgIpc) is 2.80. The van der Waals surface area contributed by atoms with Gasteiger partial charge >= 0.3 is 0 Å². The fraction of sp³-hybridized carbons (Fsp3) is 0.462. The van der Waals surface area contributed by atoms with Crippen LogP contribution in [-0.4, -0.2) is 42.5 Å². The van der Waals surface area contributed by atoms with Crippen LogP contribution in [0.2, 0.25) is 0 Å².